The first-order chi connectivity index (χ1) is 9.78. The van der Waals surface area contributed by atoms with Crippen LogP contribution < -0.4 is 9.47 Å². The number of thiazole rings is 1. The van der Waals surface area contributed by atoms with Crippen molar-refractivity contribution in [2.24, 2.45) is 0 Å². The van der Waals surface area contributed by atoms with Crippen molar-refractivity contribution in [3.8, 4) is 22.1 Å². The van der Waals surface area contributed by atoms with Gasteiger partial charge < -0.3 is 14.6 Å². The van der Waals surface area contributed by atoms with Gasteiger partial charge in [-0.05, 0) is 25.0 Å². The first-order valence-corrected chi connectivity index (χ1v) is 7.42. The van der Waals surface area contributed by atoms with E-state index in [2.05, 4.69) is 0 Å². The molecule has 2 aromatic rings. The second-order valence-electron chi connectivity index (χ2n) is 4.80. The van der Waals surface area contributed by atoms with E-state index in [1.807, 2.05) is 18.2 Å². The maximum atomic E-state index is 9.50. The van der Waals surface area contributed by atoms with Crippen LogP contribution in [0.5, 0.6) is 11.5 Å². The van der Waals surface area contributed by atoms with Crippen molar-refractivity contribution in [3.63, 3.8) is 0 Å². The second kappa shape index (κ2) is 5.42. The molecule has 1 aliphatic carbocycles. The van der Waals surface area contributed by atoms with Gasteiger partial charge in [-0.2, -0.15) is 0 Å². The van der Waals surface area contributed by atoms with Gasteiger partial charge in [-0.3, -0.25) is 0 Å². The minimum absolute atomic E-state index is 0.0514. The molecule has 3 rings (SSSR count). The van der Waals surface area contributed by atoms with Crippen molar-refractivity contribution in [2.75, 3.05) is 14.2 Å². The molecular weight excluding hydrogens is 274 g/mol. The van der Waals surface area contributed by atoms with E-state index in [4.69, 9.17) is 14.5 Å². The normalized spacial score (nSPS) is 14.3. The van der Waals surface area contributed by atoms with Crippen LogP contribution in [0.25, 0.3) is 10.6 Å². The van der Waals surface area contributed by atoms with Crippen LogP contribution in [0.3, 0.4) is 0 Å². The summed E-state index contributed by atoms with van der Waals surface area (Å²) in [4.78, 5) is 5.69. The number of methoxy groups -OCH3 is 2. The highest BCUT2D eigenvalue weighted by Gasteiger charge is 2.30. The summed E-state index contributed by atoms with van der Waals surface area (Å²) in [5.41, 5.74) is 1.97. The third kappa shape index (κ3) is 2.27. The first kappa shape index (κ1) is 13.4. The number of aliphatic hydroxyl groups is 1. The fourth-order valence-corrected chi connectivity index (χ4v) is 3.35. The van der Waals surface area contributed by atoms with Crippen molar-refractivity contribution < 1.29 is 14.6 Å². The van der Waals surface area contributed by atoms with Crippen molar-refractivity contribution in [1.82, 2.24) is 4.98 Å². The van der Waals surface area contributed by atoms with Gasteiger partial charge in [0.25, 0.3) is 0 Å². The zero-order valence-corrected chi connectivity index (χ0v) is 12.4. The Hall–Kier alpha value is -1.59. The minimum atomic E-state index is 0.0514. The average molecular weight is 291 g/mol. The molecule has 1 aromatic carbocycles. The molecule has 106 valence electrons. The highest BCUT2D eigenvalue weighted by Crippen LogP contribution is 2.46. The Balaban J connectivity index is 2.08. The fourth-order valence-electron chi connectivity index (χ4n) is 2.32. The number of rotatable bonds is 5. The molecule has 0 spiro atoms. The van der Waals surface area contributed by atoms with E-state index in [9.17, 15) is 5.11 Å². The van der Waals surface area contributed by atoms with Gasteiger partial charge in [-0.1, -0.05) is 6.07 Å². The summed E-state index contributed by atoms with van der Waals surface area (Å²) < 4.78 is 10.8. The van der Waals surface area contributed by atoms with E-state index in [1.165, 1.54) is 24.2 Å². The Morgan fingerprint density at radius 3 is 2.70 bits per heavy atom. The van der Waals surface area contributed by atoms with Crippen LogP contribution in [0, 0.1) is 0 Å². The largest absolute Gasteiger partial charge is 0.493 e. The van der Waals surface area contributed by atoms with Crippen LogP contribution in [0.1, 0.15) is 29.3 Å². The molecule has 0 atom stereocenters. The van der Waals surface area contributed by atoms with Gasteiger partial charge in [-0.25, -0.2) is 4.98 Å². The Labute approximate surface area is 122 Å². The van der Waals surface area contributed by atoms with Gasteiger partial charge in [0.2, 0.25) is 0 Å². The number of benzene rings is 1. The standard InChI is InChI=1S/C15H17NO3S/c1-18-11-5-3-4-10(14(11)19-2)15-16-13(9-6-7-9)12(8-17)20-15/h3-5,9,17H,6-8H2,1-2H3. The third-order valence-electron chi connectivity index (χ3n) is 3.47. The quantitative estimate of drug-likeness (QED) is 0.919. The van der Waals surface area contributed by atoms with E-state index in [-0.39, 0.29) is 6.61 Å². The number of hydrogen-bond acceptors (Lipinski definition) is 5. The minimum Gasteiger partial charge on any atom is -0.493 e. The molecule has 0 bridgehead atoms. The second-order valence-corrected chi connectivity index (χ2v) is 5.88. The molecule has 0 radical (unpaired) electrons. The van der Waals surface area contributed by atoms with Crippen LogP contribution in [0.2, 0.25) is 0 Å². The predicted molar refractivity (Wildman–Crippen MR) is 78.6 cm³/mol. The molecule has 1 fully saturated rings. The smallest absolute Gasteiger partial charge is 0.170 e. The lowest BCUT2D eigenvalue weighted by molar-refractivity contribution is 0.284. The lowest BCUT2D eigenvalue weighted by atomic mass is 10.2. The van der Waals surface area contributed by atoms with Gasteiger partial charge in [0.1, 0.15) is 5.01 Å². The zero-order valence-electron chi connectivity index (χ0n) is 11.5. The summed E-state index contributed by atoms with van der Waals surface area (Å²) in [7, 11) is 3.25. The lowest BCUT2D eigenvalue weighted by Crippen LogP contribution is -1.93. The molecule has 1 N–H and O–H groups in total. The maximum Gasteiger partial charge on any atom is 0.170 e. The summed E-state index contributed by atoms with van der Waals surface area (Å²) in [6, 6.07) is 5.76. The molecule has 1 saturated carbocycles. The summed E-state index contributed by atoms with van der Waals surface area (Å²) in [5, 5.41) is 10.4. The van der Waals surface area contributed by atoms with Gasteiger partial charge in [0.05, 0.1) is 37.0 Å². The van der Waals surface area contributed by atoms with Crippen molar-refractivity contribution in [3.05, 3.63) is 28.8 Å². The van der Waals surface area contributed by atoms with Crippen LogP contribution >= 0.6 is 11.3 Å². The highest BCUT2D eigenvalue weighted by molar-refractivity contribution is 7.15. The zero-order chi connectivity index (χ0) is 14.1. The van der Waals surface area contributed by atoms with Crippen LogP contribution in [-0.4, -0.2) is 24.3 Å². The van der Waals surface area contributed by atoms with Crippen LogP contribution in [0.15, 0.2) is 18.2 Å². The molecule has 1 heterocycles. The molecule has 0 saturated heterocycles. The monoisotopic (exact) mass is 291 g/mol. The molecule has 4 nitrogen and oxygen atoms in total. The summed E-state index contributed by atoms with van der Waals surface area (Å²) >= 11 is 1.53. The Morgan fingerprint density at radius 2 is 2.10 bits per heavy atom. The number of hydrogen-bond donors (Lipinski definition) is 1. The fraction of sp³-hybridized carbons (Fsp3) is 0.400. The molecule has 5 heteroatoms. The molecule has 1 aliphatic rings. The Bertz CT molecular complexity index is 620. The summed E-state index contributed by atoms with van der Waals surface area (Å²) in [6.07, 6.45) is 2.34. The molecule has 0 unspecified atom stereocenters. The number of para-hydroxylation sites is 1. The Kier molecular flexibility index (Phi) is 3.63. The third-order valence-corrected chi connectivity index (χ3v) is 4.56. The maximum absolute atomic E-state index is 9.50. The predicted octanol–water partition coefficient (Wildman–Crippen LogP) is 3.20. The van der Waals surface area contributed by atoms with Crippen molar-refractivity contribution in [2.45, 2.75) is 25.4 Å². The lowest BCUT2D eigenvalue weighted by Gasteiger charge is -2.10. The van der Waals surface area contributed by atoms with E-state index in [0.29, 0.717) is 17.4 Å². The molecule has 0 aliphatic heterocycles. The first-order valence-electron chi connectivity index (χ1n) is 6.60. The van der Waals surface area contributed by atoms with E-state index < -0.39 is 0 Å². The number of ether oxygens (including phenoxy) is 2. The van der Waals surface area contributed by atoms with Crippen molar-refractivity contribution in [1.29, 1.82) is 0 Å². The van der Waals surface area contributed by atoms with E-state index >= 15 is 0 Å². The van der Waals surface area contributed by atoms with Crippen LogP contribution in [-0.2, 0) is 6.61 Å². The molecule has 0 amide bonds. The molecule has 20 heavy (non-hydrogen) atoms. The number of aromatic nitrogens is 1. The van der Waals surface area contributed by atoms with Crippen molar-refractivity contribution >= 4 is 11.3 Å². The van der Waals surface area contributed by atoms with Gasteiger partial charge in [0.15, 0.2) is 11.5 Å². The van der Waals surface area contributed by atoms with E-state index in [1.54, 1.807) is 14.2 Å². The van der Waals surface area contributed by atoms with Gasteiger partial charge in [0, 0.05) is 5.92 Å². The molecular formula is C15H17NO3S. The molecule has 1 aromatic heterocycles. The topological polar surface area (TPSA) is 51.6 Å². The van der Waals surface area contributed by atoms with Gasteiger partial charge in [-0.15, -0.1) is 11.3 Å². The van der Waals surface area contributed by atoms with E-state index in [0.717, 1.165) is 21.1 Å². The average Bonchev–Trinajstić information content (AvgIpc) is 3.25. The van der Waals surface area contributed by atoms with Crippen LogP contribution in [0.4, 0.5) is 0 Å². The van der Waals surface area contributed by atoms with Gasteiger partial charge >= 0.3 is 0 Å². The Morgan fingerprint density at radius 1 is 1.30 bits per heavy atom. The number of aliphatic hydroxyl groups excluding tert-OH is 1. The SMILES string of the molecule is COc1cccc(-c2nc(C3CC3)c(CO)s2)c1OC. The number of nitrogens with zero attached hydrogens (tertiary/aromatic N) is 1. The summed E-state index contributed by atoms with van der Waals surface area (Å²) in [5.74, 6) is 1.91. The highest BCUT2D eigenvalue weighted by atomic mass is 32.1. The summed E-state index contributed by atoms with van der Waals surface area (Å²) in [6.45, 7) is 0.0514.